The summed E-state index contributed by atoms with van der Waals surface area (Å²) in [6.45, 7) is 3.17. The van der Waals surface area contributed by atoms with Crippen molar-refractivity contribution in [3.05, 3.63) is 47.8 Å². The lowest BCUT2D eigenvalue weighted by Gasteiger charge is -2.22. The zero-order valence-electron chi connectivity index (χ0n) is 12.0. The van der Waals surface area contributed by atoms with Gasteiger partial charge in [0.05, 0.1) is 6.20 Å². The van der Waals surface area contributed by atoms with Crippen molar-refractivity contribution in [2.45, 2.75) is 36.7 Å². The van der Waals surface area contributed by atoms with Crippen LogP contribution in [0.5, 0.6) is 0 Å². The van der Waals surface area contributed by atoms with Crippen molar-refractivity contribution in [3.8, 4) is 0 Å². The highest BCUT2D eigenvalue weighted by molar-refractivity contribution is 7.99. The predicted molar refractivity (Wildman–Crippen MR) is 84.2 cm³/mol. The highest BCUT2D eigenvalue weighted by atomic mass is 32.2. The first-order chi connectivity index (χ1) is 9.83. The Hall–Kier alpha value is -1.26. The van der Waals surface area contributed by atoms with Gasteiger partial charge in [-0.25, -0.2) is 0 Å². The monoisotopic (exact) mass is 287 g/mol. The zero-order chi connectivity index (χ0) is 13.9. The van der Waals surface area contributed by atoms with Gasteiger partial charge in [-0.05, 0) is 25.1 Å². The van der Waals surface area contributed by atoms with Crippen LogP contribution in [0.3, 0.4) is 0 Å². The number of benzene rings is 1. The third-order valence-corrected chi connectivity index (χ3v) is 5.12. The largest absolute Gasteiger partial charge is 0.312 e. The van der Waals surface area contributed by atoms with Crippen LogP contribution in [0.4, 0.5) is 0 Å². The molecule has 3 rings (SSSR count). The smallest absolute Gasteiger partial charge is 0.0537 e. The molecule has 1 aliphatic heterocycles. The summed E-state index contributed by atoms with van der Waals surface area (Å²) < 4.78 is 2.05. The number of nitrogens with zero attached hydrogens (tertiary/aromatic N) is 2. The molecule has 2 unspecified atom stereocenters. The molecule has 20 heavy (non-hydrogen) atoms. The molecule has 0 amide bonds. The minimum absolute atomic E-state index is 0.344. The van der Waals surface area contributed by atoms with Gasteiger partial charge in [0.15, 0.2) is 0 Å². The van der Waals surface area contributed by atoms with Gasteiger partial charge in [0.2, 0.25) is 0 Å². The second-order valence-corrected chi connectivity index (χ2v) is 6.32. The number of thioether (sulfide) groups is 1. The number of likely N-dealkylation sites (N-methyl/N-ethyl adjacent to an activating group) is 1. The molecule has 1 aromatic carbocycles. The van der Waals surface area contributed by atoms with Gasteiger partial charge < -0.3 is 5.32 Å². The van der Waals surface area contributed by atoms with Gasteiger partial charge >= 0.3 is 0 Å². The van der Waals surface area contributed by atoms with Crippen LogP contribution in [0.15, 0.2) is 41.6 Å². The van der Waals surface area contributed by atoms with Crippen LogP contribution in [0.25, 0.3) is 0 Å². The van der Waals surface area contributed by atoms with Gasteiger partial charge in [0, 0.05) is 40.9 Å². The molecule has 0 saturated heterocycles. The number of hydrogen-bond acceptors (Lipinski definition) is 3. The molecule has 1 aromatic heterocycles. The molecule has 0 radical (unpaired) electrons. The molecule has 0 saturated carbocycles. The van der Waals surface area contributed by atoms with Gasteiger partial charge in [0.1, 0.15) is 0 Å². The van der Waals surface area contributed by atoms with E-state index in [9.17, 15) is 0 Å². The Labute approximate surface area is 124 Å². The summed E-state index contributed by atoms with van der Waals surface area (Å²) in [6, 6.07) is 9.11. The molecule has 0 bridgehead atoms. The van der Waals surface area contributed by atoms with Crippen molar-refractivity contribution in [2.75, 3.05) is 12.8 Å². The number of nitrogens with one attached hydrogen (secondary N) is 1. The maximum absolute atomic E-state index is 4.47. The lowest BCUT2D eigenvalue weighted by atomic mass is 9.90. The Morgan fingerprint density at radius 2 is 2.30 bits per heavy atom. The second-order valence-electron chi connectivity index (χ2n) is 5.26. The quantitative estimate of drug-likeness (QED) is 0.913. The summed E-state index contributed by atoms with van der Waals surface area (Å²) >= 11 is 1.96. The van der Waals surface area contributed by atoms with Gasteiger partial charge in [-0.1, -0.05) is 25.1 Å². The van der Waals surface area contributed by atoms with Crippen molar-refractivity contribution >= 4 is 11.8 Å². The highest BCUT2D eigenvalue weighted by Gasteiger charge is 2.30. The third-order valence-electron chi connectivity index (χ3n) is 3.92. The van der Waals surface area contributed by atoms with Gasteiger partial charge in [-0.2, -0.15) is 5.10 Å². The first-order valence-corrected chi connectivity index (χ1v) is 8.23. The van der Waals surface area contributed by atoms with E-state index in [1.807, 2.05) is 29.7 Å². The van der Waals surface area contributed by atoms with E-state index in [1.165, 1.54) is 16.0 Å². The van der Waals surface area contributed by atoms with Crippen molar-refractivity contribution in [1.29, 1.82) is 0 Å². The van der Waals surface area contributed by atoms with Crippen LogP contribution in [0, 0.1) is 0 Å². The number of aromatic nitrogens is 2. The molecular weight excluding hydrogens is 266 g/mol. The van der Waals surface area contributed by atoms with Crippen LogP contribution in [-0.2, 0) is 6.54 Å². The van der Waals surface area contributed by atoms with Gasteiger partial charge in [0.25, 0.3) is 0 Å². The molecule has 3 nitrogen and oxygen atoms in total. The maximum atomic E-state index is 4.47. The molecule has 2 aromatic rings. The average molecular weight is 287 g/mol. The lowest BCUT2D eigenvalue weighted by Crippen LogP contribution is -2.23. The van der Waals surface area contributed by atoms with Crippen molar-refractivity contribution in [2.24, 2.45) is 0 Å². The topological polar surface area (TPSA) is 29.9 Å². The molecule has 0 spiro atoms. The average Bonchev–Trinajstić information content (AvgIpc) is 3.09. The first-order valence-electron chi connectivity index (χ1n) is 7.24. The molecule has 1 aliphatic rings. The van der Waals surface area contributed by atoms with Crippen LogP contribution in [0.2, 0.25) is 0 Å². The molecule has 1 N–H and O–H groups in total. The van der Waals surface area contributed by atoms with Crippen LogP contribution in [-0.4, -0.2) is 22.6 Å². The van der Waals surface area contributed by atoms with E-state index >= 15 is 0 Å². The van der Waals surface area contributed by atoms with E-state index in [2.05, 4.69) is 47.8 Å². The van der Waals surface area contributed by atoms with E-state index in [-0.39, 0.29) is 0 Å². The third kappa shape index (κ3) is 2.50. The molecule has 2 heterocycles. The van der Waals surface area contributed by atoms with Gasteiger partial charge in [-0.3, -0.25) is 4.68 Å². The van der Waals surface area contributed by atoms with Crippen molar-refractivity contribution in [1.82, 2.24) is 15.1 Å². The zero-order valence-corrected chi connectivity index (χ0v) is 12.9. The van der Waals surface area contributed by atoms with E-state index in [4.69, 9.17) is 0 Å². The molecule has 0 aliphatic carbocycles. The van der Waals surface area contributed by atoms with E-state index in [1.54, 1.807) is 0 Å². The summed E-state index contributed by atoms with van der Waals surface area (Å²) in [4.78, 5) is 1.43. The molecule has 106 valence electrons. The van der Waals surface area contributed by atoms with Crippen LogP contribution < -0.4 is 5.32 Å². The minimum atomic E-state index is 0.344. The predicted octanol–water partition coefficient (Wildman–Crippen LogP) is 3.44. The molecular formula is C16H21N3S. The summed E-state index contributed by atoms with van der Waals surface area (Å²) in [7, 11) is 2.05. The fourth-order valence-electron chi connectivity index (χ4n) is 2.96. The number of aryl methyl sites for hydroxylation is 1. The highest BCUT2D eigenvalue weighted by Crippen LogP contribution is 2.45. The Kier molecular flexibility index (Phi) is 4.13. The maximum Gasteiger partial charge on any atom is 0.0537 e. The molecule has 2 atom stereocenters. The van der Waals surface area contributed by atoms with Crippen molar-refractivity contribution in [3.63, 3.8) is 0 Å². The fraction of sp³-hybridized carbons (Fsp3) is 0.438. The summed E-state index contributed by atoms with van der Waals surface area (Å²) in [5.74, 6) is 1.67. The van der Waals surface area contributed by atoms with Crippen molar-refractivity contribution < 1.29 is 0 Å². The second kappa shape index (κ2) is 6.02. The van der Waals surface area contributed by atoms with Crippen LogP contribution >= 0.6 is 11.8 Å². The standard InChI is InChI=1S/C16H21N3S/c1-3-8-19-10-12(9-18-19)16(17-2)14-11-20-15-7-5-4-6-13(14)15/h4-7,9-10,14,16-17H,3,8,11H2,1-2H3. The summed E-state index contributed by atoms with van der Waals surface area (Å²) in [5.41, 5.74) is 2.77. The van der Waals surface area contributed by atoms with E-state index < -0.39 is 0 Å². The van der Waals surface area contributed by atoms with E-state index in [0.717, 1.165) is 18.7 Å². The van der Waals surface area contributed by atoms with Gasteiger partial charge in [-0.15, -0.1) is 11.8 Å². The Balaban J connectivity index is 1.87. The Morgan fingerprint density at radius 1 is 1.45 bits per heavy atom. The number of rotatable bonds is 5. The Morgan fingerprint density at radius 3 is 3.10 bits per heavy atom. The minimum Gasteiger partial charge on any atom is -0.312 e. The van der Waals surface area contributed by atoms with E-state index in [0.29, 0.717) is 12.0 Å². The van der Waals surface area contributed by atoms with Crippen LogP contribution in [0.1, 0.15) is 36.4 Å². The fourth-order valence-corrected chi connectivity index (χ4v) is 4.25. The normalized spacial score (nSPS) is 19.0. The Bertz CT molecular complexity index is 579. The summed E-state index contributed by atoms with van der Waals surface area (Å²) in [6.07, 6.45) is 5.33. The first kappa shape index (κ1) is 13.7. The summed E-state index contributed by atoms with van der Waals surface area (Å²) in [5, 5.41) is 7.96. The number of hydrogen-bond donors (Lipinski definition) is 1. The molecule has 0 fully saturated rings. The molecule has 4 heteroatoms. The lowest BCUT2D eigenvalue weighted by molar-refractivity contribution is 0.513. The SMILES string of the molecule is CCCn1cc(C(NC)C2CSc3ccccc32)cn1. The number of fused-ring (bicyclic) bond motifs is 1.